The van der Waals surface area contributed by atoms with E-state index in [0.717, 1.165) is 89.6 Å². The van der Waals surface area contributed by atoms with Crippen molar-refractivity contribution >= 4 is 22.1 Å². The molecular weight excluding hydrogens is 705 g/mol. The van der Waals surface area contributed by atoms with Gasteiger partial charge in [0.15, 0.2) is 0 Å². The lowest BCUT2D eigenvalue weighted by molar-refractivity contribution is 0.784. The lowest BCUT2D eigenvalue weighted by Gasteiger charge is -2.30. The van der Waals surface area contributed by atoms with Crippen LogP contribution in [0, 0.1) is 0 Å². The summed E-state index contributed by atoms with van der Waals surface area (Å²) >= 11 is 0. The third-order valence-corrected chi connectivity index (χ3v) is 11.8. The van der Waals surface area contributed by atoms with Crippen LogP contribution in [-0.2, 0) is 5.41 Å². The molecule has 0 bridgehead atoms. The van der Waals surface area contributed by atoms with Gasteiger partial charge in [0.2, 0.25) is 0 Å². The van der Waals surface area contributed by atoms with Crippen LogP contribution in [0.15, 0.2) is 192 Å². The number of benzene rings is 6. The highest BCUT2D eigenvalue weighted by Gasteiger charge is 2.53. The molecule has 268 valence electrons. The number of aromatic nitrogens is 6. The van der Waals surface area contributed by atoms with E-state index < -0.39 is 5.41 Å². The van der Waals surface area contributed by atoms with Crippen LogP contribution < -0.4 is 11.4 Å². The third kappa shape index (κ3) is 4.10. The van der Waals surface area contributed by atoms with E-state index in [1.54, 1.807) is 9.13 Å². The van der Waals surface area contributed by atoms with Gasteiger partial charge in [0, 0.05) is 12.4 Å². The zero-order valence-electron chi connectivity index (χ0n) is 30.3. The van der Waals surface area contributed by atoms with Gasteiger partial charge in [0.1, 0.15) is 0 Å². The SMILES string of the molecule is O=c1n(-c2ccccc2)c2ccccc2n1-c1ccc2c(c1)C1(c3cc(-n4c(=O)n(-c5ccccc5)c5ccccc54)ccc3-2)c2cccnc2-c2ncccc21. The Labute approximate surface area is 325 Å². The molecule has 0 radical (unpaired) electrons. The third-order valence-electron chi connectivity index (χ3n) is 11.8. The summed E-state index contributed by atoms with van der Waals surface area (Å²) in [6.45, 7) is 0. The molecule has 0 unspecified atom stereocenters. The molecule has 0 atom stereocenters. The van der Waals surface area contributed by atoms with Crippen molar-refractivity contribution in [1.29, 1.82) is 0 Å². The summed E-state index contributed by atoms with van der Waals surface area (Å²) in [5.41, 5.74) is 13.0. The molecule has 0 aliphatic heterocycles. The van der Waals surface area contributed by atoms with Crippen molar-refractivity contribution in [1.82, 2.24) is 28.2 Å². The minimum atomic E-state index is -0.841. The van der Waals surface area contributed by atoms with Gasteiger partial charge in [0.25, 0.3) is 0 Å². The van der Waals surface area contributed by atoms with Crippen LogP contribution in [0.3, 0.4) is 0 Å². The number of hydrogen-bond acceptors (Lipinski definition) is 4. The smallest absolute Gasteiger partial charge is 0.260 e. The van der Waals surface area contributed by atoms with Crippen molar-refractivity contribution in [2.75, 3.05) is 0 Å². The van der Waals surface area contributed by atoms with Crippen LogP contribution in [0.2, 0.25) is 0 Å². The first-order valence-corrected chi connectivity index (χ1v) is 18.9. The highest BCUT2D eigenvalue weighted by atomic mass is 16.2. The van der Waals surface area contributed by atoms with Crippen LogP contribution in [0.25, 0.3) is 67.3 Å². The van der Waals surface area contributed by atoms with E-state index in [4.69, 9.17) is 9.97 Å². The van der Waals surface area contributed by atoms with Gasteiger partial charge in [-0.25, -0.2) is 9.59 Å². The molecule has 6 aromatic carbocycles. The van der Waals surface area contributed by atoms with Gasteiger partial charge in [0.05, 0.1) is 61.6 Å². The lowest BCUT2D eigenvalue weighted by Crippen LogP contribution is -2.27. The first-order valence-electron chi connectivity index (χ1n) is 18.9. The van der Waals surface area contributed by atoms with E-state index >= 15 is 0 Å². The summed E-state index contributed by atoms with van der Waals surface area (Å²) in [5.74, 6) is 0. The van der Waals surface area contributed by atoms with Gasteiger partial charge in [-0.1, -0.05) is 84.9 Å². The van der Waals surface area contributed by atoms with E-state index in [2.05, 4.69) is 36.4 Å². The first-order chi connectivity index (χ1) is 28.1. The van der Waals surface area contributed by atoms with Crippen molar-refractivity contribution in [2.24, 2.45) is 0 Å². The summed E-state index contributed by atoms with van der Waals surface area (Å²) in [6.07, 6.45) is 3.63. The maximum atomic E-state index is 14.6. The van der Waals surface area contributed by atoms with Crippen molar-refractivity contribution in [3.05, 3.63) is 225 Å². The molecule has 4 aromatic heterocycles. The summed E-state index contributed by atoms with van der Waals surface area (Å²) in [6, 6.07) is 56.3. The monoisotopic (exact) mass is 734 g/mol. The molecule has 0 saturated carbocycles. The molecule has 57 heavy (non-hydrogen) atoms. The Kier molecular flexibility index (Phi) is 6.40. The molecule has 2 aliphatic carbocycles. The molecule has 1 spiro atoms. The Balaban J connectivity index is 1.15. The average molecular weight is 735 g/mol. The number of hydrogen-bond donors (Lipinski definition) is 0. The maximum absolute atomic E-state index is 14.6. The van der Waals surface area contributed by atoms with Crippen molar-refractivity contribution in [3.63, 3.8) is 0 Å². The summed E-state index contributed by atoms with van der Waals surface area (Å²) in [5, 5.41) is 0. The average Bonchev–Trinajstić information content (AvgIpc) is 3.94. The lowest BCUT2D eigenvalue weighted by atomic mass is 9.71. The van der Waals surface area contributed by atoms with E-state index in [-0.39, 0.29) is 11.4 Å². The van der Waals surface area contributed by atoms with Crippen LogP contribution in [-0.4, -0.2) is 28.2 Å². The van der Waals surface area contributed by atoms with E-state index in [0.29, 0.717) is 0 Å². The number of imidazole rings is 2. The minimum absolute atomic E-state index is 0.154. The van der Waals surface area contributed by atoms with Crippen molar-refractivity contribution in [3.8, 4) is 45.3 Å². The summed E-state index contributed by atoms with van der Waals surface area (Å²) < 4.78 is 7.17. The van der Waals surface area contributed by atoms with Gasteiger partial charge in [-0.3, -0.25) is 28.2 Å². The fourth-order valence-electron chi connectivity index (χ4n) is 9.55. The van der Waals surface area contributed by atoms with Crippen LogP contribution >= 0.6 is 0 Å². The van der Waals surface area contributed by atoms with Gasteiger partial charge in [-0.05, 0) is 118 Å². The Morgan fingerprint density at radius 3 is 1.12 bits per heavy atom. The molecule has 12 rings (SSSR count). The van der Waals surface area contributed by atoms with Crippen LogP contribution in [0.5, 0.6) is 0 Å². The number of pyridine rings is 2. The molecule has 0 saturated heterocycles. The normalized spacial score (nSPS) is 13.2. The maximum Gasteiger partial charge on any atom is 0.338 e. The second kappa shape index (κ2) is 11.6. The zero-order chi connectivity index (χ0) is 37.8. The highest BCUT2D eigenvalue weighted by Crippen LogP contribution is 2.62. The summed E-state index contributed by atoms with van der Waals surface area (Å²) in [7, 11) is 0. The Bertz CT molecular complexity index is 3180. The minimum Gasteiger partial charge on any atom is -0.260 e. The van der Waals surface area contributed by atoms with Crippen LogP contribution in [0.1, 0.15) is 22.3 Å². The molecule has 10 aromatic rings. The fourth-order valence-corrected chi connectivity index (χ4v) is 9.55. The van der Waals surface area contributed by atoms with Gasteiger partial charge in [-0.2, -0.15) is 0 Å². The highest BCUT2D eigenvalue weighted by molar-refractivity contribution is 5.94. The molecule has 0 amide bonds. The Hall–Kier alpha value is -7.84. The van der Waals surface area contributed by atoms with Gasteiger partial charge >= 0.3 is 11.4 Å². The molecule has 4 heterocycles. The molecule has 2 aliphatic rings. The molecule has 8 nitrogen and oxygen atoms in total. The second-order valence-electron chi connectivity index (χ2n) is 14.6. The number of nitrogens with zero attached hydrogens (tertiary/aromatic N) is 6. The van der Waals surface area contributed by atoms with Crippen molar-refractivity contribution < 1.29 is 0 Å². The Morgan fingerprint density at radius 2 is 0.719 bits per heavy atom. The molecular formula is C49H30N6O2. The predicted octanol–water partition coefficient (Wildman–Crippen LogP) is 9.01. The van der Waals surface area contributed by atoms with E-state index in [9.17, 15) is 9.59 Å². The predicted molar refractivity (Wildman–Crippen MR) is 223 cm³/mol. The number of fused-ring (bicyclic) bond motifs is 12. The number of para-hydroxylation sites is 6. The quantitative estimate of drug-likeness (QED) is 0.181. The molecule has 0 fully saturated rings. The van der Waals surface area contributed by atoms with E-state index in [1.165, 1.54) is 0 Å². The fraction of sp³-hybridized carbons (Fsp3) is 0.0204. The zero-order valence-corrected chi connectivity index (χ0v) is 30.3. The Morgan fingerprint density at radius 1 is 0.351 bits per heavy atom. The molecule has 8 heteroatoms. The summed E-state index contributed by atoms with van der Waals surface area (Å²) in [4.78, 5) is 39.1. The van der Waals surface area contributed by atoms with Gasteiger partial charge in [-0.15, -0.1) is 0 Å². The van der Waals surface area contributed by atoms with Crippen molar-refractivity contribution in [2.45, 2.75) is 5.41 Å². The number of rotatable bonds is 4. The van der Waals surface area contributed by atoms with E-state index in [1.807, 2.05) is 155 Å². The topological polar surface area (TPSA) is 79.6 Å². The second-order valence-corrected chi connectivity index (χ2v) is 14.6. The van der Waals surface area contributed by atoms with Gasteiger partial charge < -0.3 is 0 Å². The van der Waals surface area contributed by atoms with Crippen LogP contribution in [0.4, 0.5) is 0 Å². The largest absolute Gasteiger partial charge is 0.338 e. The molecule has 0 N–H and O–H groups in total. The standard InChI is InChI=1S/C49H30N6O2/c56-47-52(31-13-3-1-4-14-31)41-19-7-9-21-43(41)54(47)33-23-25-35-36-26-24-34(55-44-22-10-8-20-42(44)53(48(55)57)32-15-5-2-6-16-32)30-40(36)49(39(35)29-33)37-17-11-27-50-45(37)46-38(49)18-12-28-51-46/h1-30H. The first kappa shape index (κ1) is 31.5.